The minimum atomic E-state index is 0.248. The minimum Gasteiger partial charge on any atom is -0.346 e. The van der Waals surface area contributed by atoms with Crippen molar-refractivity contribution in [1.82, 2.24) is 9.88 Å². The maximum Gasteiger partial charge on any atom is 0.185 e. The Morgan fingerprint density at radius 3 is 2.73 bits per heavy atom. The average molecular weight is 225 g/mol. The highest BCUT2D eigenvalue weighted by Crippen LogP contribution is 2.18. The van der Waals surface area contributed by atoms with Crippen molar-refractivity contribution in [2.24, 2.45) is 0 Å². The van der Waals surface area contributed by atoms with Crippen molar-refractivity contribution in [3.63, 3.8) is 0 Å². The maximum atomic E-state index is 11.0. The van der Waals surface area contributed by atoms with Gasteiger partial charge in [-0.25, -0.2) is 4.98 Å². The van der Waals surface area contributed by atoms with Gasteiger partial charge in [0.1, 0.15) is 5.78 Å². The summed E-state index contributed by atoms with van der Waals surface area (Å²) in [7, 11) is 0. The summed E-state index contributed by atoms with van der Waals surface area (Å²) in [5.74, 6) is 0.248. The topological polar surface area (TPSA) is 36.4 Å². The van der Waals surface area contributed by atoms with E-state index in [9.17, 15) is 4.79 Å². The molecule has 2 rings (SSSR count). The number of anilines is 1. The second kappa shape index (κ2) is 4.72. The van der Waals surface area contributed by atoms with Crippen LogP contribution >= 0.6 is 11.3 Å². The zero-order valence-corrected chi connectivity index (χ0v) is 9.66. The number of carbonyl (C=O) groups is 1. The van der Waals surface area contributed by atoms with E-state index in [1.165, 1.54) is 0 Å². The maximum absolute atomic E-state index is 11.0. The summed E-state index contributed by atoms with van der Waals surface area (Å²) in [4.78, 5) is 19.7. The van der Waals surface area contributed by atoms with E-state index < -0.39 is 0 Å². The Labute approximate surface area is 93.5 Å². The smallest absolute Gasteiger partial charge is 0.185 e. The van der Waals surface area contributed by atoms with Gasteiger partial charge in [0.25, 0.3) is 0 Å². The molecular weight excluding hydrogens is 210 g/mol. The molecule has 1 aromatic heterocycles. The van der Waals surface area contributed by atoms with E-state index in [1.54, 1.807) is 18.3 Å². The second-order valence-corrected chi connectivity index (χ2v) is 4.65. The van der Waals surface area contributed by atoms with Crippen LogP contribution in [0.5, 0.6) is 0 Å². The van der Waals surface area contributed by atoms with Gasteiger partial charge in [-0.1, -0.05) is 0 Å². The van der Waals surface area contributed by atoms with Gasteiger partial charge in [-0.15, -0.1) is 11.3 Å². The van der Waals surface area contributed by atoms with Crippen LogP contribution in [0.3, 0.4) is 0 Å². The average Bonchev–Trinajstić information content (AvgIpc) is 2.71. The molecule has 0 radical (unpaired) electrons. The SMILES string of the molecule is CC(=O)CN1CCN(c2nccs2)CC1. The van der Waals surface area contributed by atoms with Gasteiger partial charge in [0.15, 0.2) is 5.13 Å². The van der Waals surface area contributed by atoms with Crippen LogP contribution in [-0.2, 0) is 4.79 Å². The molecule has 0 bridgehead atoms. The van der Waals surface area contributed by atoms with Crippen molar-refractivity contribution >= 4 is 22.3 Å². The van der Waals surface area contributed by atoms with Crippen LogP contribution in [0, 0.1) is 0 Å². The zero-order chi connectivity index (χ0) is 10.7. The molecule has 0 saturated carbocycles. The molecule has 4 nitrogen and oxygen atoms in total. The van der Waals surface area contributed by atoms with Crippen LogP contribution in [0.4, 0.5) is 5.13 Å². The minimum absolute atomic E-state index is 0.248. The van der Waals surface area contributed by atoms with Gasteiger partial charge in [-0.3, -0.25) is 9.69 Å². The summed E-state index contributed by atoms with van der Waals surface area (Å²) < 4.78 is 0. The quantitative estimate of drug-likeness (QED) is 0.764. The van der Waals surface area contributed by atoms with Gasteiger partial charge in [0.2, 0.25) is 0 Å². The Bertz CT molecular complexity index is 317. The number of hydrogen-bond donors (Lipinski definition) is 0. The van der Waals surface area contributed by atoms with E-state index in [4.69, 9.17) is 0 Å². The lowest BCUT2D eigenvalue weighted by atomic mass is 10.3. The summed E-state index contributed by atoms with van der Waals surface area (Å²) in [5.41, 5.74) is 0. The first kappa shape index (κ1) is 10.6. The van der Waals surface area contributed by atoms with E-state index in [0.29, 0.717) is 6.54 Å². The van der Waals surface area contributed by atoms with Gasteiger partial charge in [-0.2, -0.15) is 0 Å². The van der Waals surface area contributed by atoms with Gasteiger partial charge < -0.3 is 4.90 Å². The van der Waals surface area contributed by atoms with Crippen molar-refractivity contribution in [3.8, 4) is 0 Å². The Balaban J connectivity index is 1.84. The van der Waals surface area contributed by atoms with Crippen molar-refractivity contribution < 1.29 is 4.79 Å². The van der Waals surface area contributed by atoms with E-state index in [0.717, 1.165) is 31.3 Å². The lowest BCUT2D eigenvalue weighted by molar-refractivity contribution is -0.118. The molecule has 0 aliphatic carbocycles. The molecule has 0 atom stereocenters. The van der Waals surface area contributed by atoms with Crippen molar-refractivity contribution in [2.45, 2.75) is 6.92 Å². The number of thiazole rings is 1. The third-order valence-corrected chi connectivity index (χ3v) is 3.34. The van der Waals surface area contributed by atoms with Crippen LogP contribution in [0.1, 0.15) is 6.92 Å². The molecule has 1 saturated heterocycles. The van der Waals surface area contributed by atoms with Crippen LogP contribution in [0.25, 0.3) is 0 Å². The van der Waals surface area contributed by atoms with E-state index >= 15 is 0 Å². The normalized spacial score (nSPS) is 18.1. The van der Waals surface area contributed by atoms with Crippen LogP contribution in [0.2, 0.25) is 0 Å². The monoisotopic (exact) mass is 225 g/mol. The van der Waals surface area contributed by atoms with Gasteiger partial charge in [0.05, 0.1) is 6.54 Å². The number of carbonyl (C=O) groups excluding carboxylic acids is 1. The van der Waals surface area contributed by atoms with Crippen molar-refractivity contribution in [3.05, 3.63) is 11.6 Å². The first-order chi connectivity index (χ1) is 7.25. The lowest BCUT2D eigenvalue weighted by Crippen LogP contribution is -2.47. The Morgan fingerprint density at radius 2 is 2.20 bits per heavy atom. The number of piperazine rings is 1. The van der Waals surface area contributed by atoms with Crippen molar-refractivity contribution in [1.29, 1.82) is 0 Å². The predicted octanol–water partition coefficient (Wildman–Crippen LogP) is 0.854. The Morgan fingerprint density at radius 1 is 1.47 bits per heavy atom. The van der Waals surface area contributed by atoms with Crippen molar-refractivity contribution in [2.75, 3.05) is 37.6 Å². The molecule has 0 N–H and O–H groups in total. The first-order valence-corrected chi connectivity index (χ1v) is 6.00. The fourth-order valence-corrected chi connectivity index (χ4v) is 2.48. The van der Waals surface area contributed by atoms with E-state index in [-0.39, 0.29) is 5.78 Å². The summed E-state index contributed by atoms with van der Waals surface area (Å²) in [6.07, 6.45) is 1.84. The summed E-state index contributed by atoms with van der Waals surface area (Å²) in [6, 6.07) is 0. The molecule has 0 amide bonds. The fourth-order valence-electron chi connectivity index (χ4n) is 1.78. The van der Waals surface area contributed by atoms with Gasteiger partial charge >= 0.3 is 0 Å². The highest BCUT2D eigenvalue weighted by atomic mass is 32.1. The summed E-state index contributed by atoms with van der Waals surface area (Å²) in [6.45, 7) is 6.10. The van der Waals surface area contributed by atoms with E-state index in [1.807, 2.05) is 11.6 Å². The standard InChI is InChI=1S/C10H15N3OS/c1-9(14)8-12-3-5-13(6-4-12)10-11-2-7-15-10/h2,7H,3-6,8H2,1H3. The molecule has 1 aromatic rings. The molecule has 1 aliphatic heterocycles. The highest BCUT2D eigenvalue weighted by Gasteiger charge is 2.18. The molecule has 0 aromatic carbocycles. The molecule has 1 fully saturated rings. The Kier molecular flexibility index (Phi) is 3.33. The number of aromatic nitrogens is 1. The molecule has 82 valence electrons. The van der Waals surface area contributed by atoms with E-state index in [2.05, 4.69) is 14.8 Å². The third kappa shape index (κ3) is 2.76. The zero-order valence-electron chi connectivity index (χ0n) is 8.85. The third-order valence-electron chi connectivity index (χ3n) is 2.51. The largest absolute Gasteiger partial charge is 0.346 e. The number of hydrogen-bond acceptors (Lipinski definition) is 5. The summed E-state index contributed by atoms with van der Waals surface area (Å²) >= 11 is 1.67. The lowest BCUT2D eigenvalue weighted by Gasteiger charge is -2.33. The summed E-state index contributed by atoms with van der Waals surface area (Å²) in [5, 5.41) is 3.09. The van der Waals surface area contributed by atoms with Gasteiger partial charge in [-0.05, 0) is 6.92 Å². The second-order valence-electron chi connectivity index (χ2n) is 3.78. The predicted molar refractivity (Wildman–Crippen MR) is 61.4 cm³/mol. The molecule has 15 heavy (non-hydrogen) atoms. The van der Waals surface area contributed by atoms with Gasteiger partial charge in [0, 0.05) is 37.8 Å². The Hall–Kier alpha value is -0.940. The van der Waals surface area contributed by atoms with Crippen LogP contribution < -0.4 is 4.90 Å². The highest BCUT2D eigenvalue weighted by molar-refractivity contribution is 7.13. The molecule has 2 heterocycles. The molecule has 0 unspecified atom stereocenters. The van der Waals surface area contributed by atoms with Crippen LogP contribution in [-0.4, -0.2) is 48.4 Å². The number of Topliss-reactive ketones (excluding diaryl/α,β-unsaturated/α-hetero) is 1. The van der Waals surface area contributed by atoms with Crippen LogP contribution in [0.15, 0.2) is 11.6 Å². The molecule has 5 heteroatoms. The number of ketones is 1. The first-order valence-electron chi connectivity index (χ1n) is 5.12. The molecule has 0 spiro atoms. The number of rotatable bonds is 3. The fraction of sp³-hybridized carbons (Fsp3) is 0.600. The molecule has 1 aliphatic rings. The molecular formula is C10H15N3OS. The number of nitrogens with zero attached hydrogens (tertiary/aromatic N) is 3.